The number of amides is 2. The third kappa shape index (κ3) is 3.46. The number of anilines is 1. The molecule has 4 atom stereocenters. The Morgan fingerprint density at radius 1 is 1.23 bits per heavy atom. The lowest BCUT2D eigenvalue weighted by Gasteiger charge is -2.50. The average molecular weight is 550 g/mol. The number of aliphatic hydroxyl groups is 3. The summed E-state index contributed by atoms with van der Waals surface area (Å²) in [5.41, 5.74) is 1.89. The van der Waals surface area contributed by atoms with Crippen LogP contribution in [0.4, 0.5) is 5.69 Å². The average Bonchev–Trinajstić information content (AvgIpc) is 2.77. The van der Waals surface area contributed by atoms with Crippen molar-refractivity contribution in [2.45, 2.75) is 24.5 Å². The highest BCUT2D eigenvalue weighted by molar-refractivity contribution is 9.09. The Bertz CT molecular complexity index is 1250. The molecule has 0 saturated heterocycles. The molecule has 0 aliphatic heterocycles. The number of alkyl halides is 1. The van der Waals surface area contributed by atoms with E-state index in [4.69, 9.17) is 5.73 Å². The number of primary amides is 1. The lowest BCUT2D eigenvalue weighted by Crippen LogP contribution is -2.65. The fourth-order valence-corrected chi connectivity index (χ4v) is 5.64. The first kappa shape index (κ1) is 24.9. The molecule has 1 saturated carbocycles. The summed E-state index contributed by atoms with van der Waals surface area (Å²) in [6.07, 6.45) is 0.184. The molecule has 0 aromatic heterocycles. The van der Waals surface area contributed by atoms with Crippen molar-refractivity contribution >= 4 is 50.8 Å². The van der Waals surface area contributed by atoms with Crippen LogP contribution in [0.25, 0.3) is 5.76 Å². The van der Waals surface area contributed by atoms with Crippen molar-refractivity contribution in [2.75, 3.05) is 24.7 Å². The van der Waals surface area contributed by atoms with Crippen LogP contribution in [0.3, 0.4) is 0 Å². The zero-order valence-electron chi connectivity index (χ0n) is 18.8. The minimum atomic E-state index is -2.69. The second-order valence-electron chi connectivity index (χ2n) is 9.14. The van der Waals surface area contributed by atoms with Gasteiger partial charge in [0.1, 0.15) is 22.8 Å². The van der Waals surface area contributed by atoms with Crippen LogP contribution in [0.2, 0.25) is 0 Å². The van der Waals surface area contributed by atoms with E-state index in [2.05, 4.69) is 21.2 Å². The number of benzene rings is 1. The van der Waals surface area contributed by atoms with Gasteiger partial charge in [-0.3, -0.25) is 24.1 Å². The second-order valence-corrected chi connectivity index (χ2v) is 9.70. The SMILES string of the molecule is CN(C)[C@@H]1C(=O)C(C(N)=O)=C(O)[C@@]2(O)C(=O)C3=C(O)c4c(ccc(NC(=O)CBr)c4O)CC3CC12. The predicted octanol–water partition coefficient (Wildman–Crippen LogP) is 0.297. The number of ketones is 2. The highest BCUT2D eigenvalue weighted by atomic mass is 79.9. The molecular weight excluding hydrogens is 526 g/mol. The number of halogens is 1. The second kappa shape index (κ2) is 8.47. The molecule has 2 unspecified atom stereocenters. The first-order valence-corrected chi connectivity index (χ1v) is 11.8. The van der Waals surface area contributed by atoms with Gasteiger partial charge in [-0.25, -0.2) is 0 Å². The van der Waals surface area contributed by atoms with Gasteiger partial charge in [0.2, 0.25) is 11.7 Å². The number of rotatable bonds is 4. The number of hydrogen-bond acceptors (Lipinski definition) is 9. The van der Waals surface area contributed by atoms with Gasteiger partial charge in [-0.1, -0.05) is 22.0 Å². The molecule has 2 amide bonds. The third-order valence-electron chi connectivity index (χ3n) is 6.99. The van der Waals surface area contributed by atoms with E-state index in [1.54, 1.807) is 6.07 Å². The number of carbonyl (C=O) groups is 4. The number of phenols is 1. The maximum atomic E-state index is 13.7. The Labute approximate surface area is 208 Å². The van der Waals surface area contributed by atoms with E-state index in [1.165, 1.54) is 25.1 Å². The molecular formula is C23H24BrN3O8. The summed E-state index contributed by atoms with van der Waals surface area (Å²) in [6, 6.07) is 1.92. The summed E-state index contributed by atoms with van der Waals surface area (Å²) in [4.78, 5) is 51.9. The topological polar surface area (TPSA) is 190 Å². The summed E-state index contributed by atoms with van der Waals surface area (Å²) >= 11 is 3.00. The van der Waals surface area contributed by atoms with Gasteiger partial charge in [-0.05, 0) is 44.5 Å². The summed E-state index contributed by atoms with van der Waals surface area (Å²) in [6.45, 7) is 0. The maximum Gasteiger partial charge on any atom is 0.255 e. The van der Waals surface area contributed by atoms with Gasteiger partial charge in [-0.2, -0.15) is 0 Å². The lowest BCUT2D eigenvalue weighted by molar-refractivity contribution is -0.153. The number of carbonyl (C=O) groups excluding carboxylic acids is 4. The summed E-state index contributed by atoms with van der Waals surface area (Å²) in [7, 11) is 3.07. The van der Waals surface area contributed by atoms with Crippen LogP contribution in [-0.4, -0.2) is 79.8 Å². The first-order valence-electron chi connectivity index (χ1n) is 10.7. The maximum absolute atomic E-state index is 13.7. The Kier molecular flexibility index (Phi) is 6.02. The van der Waals surface area contributed by atoms with Gasteiger partial charge in [0.25, 0.3) is 5.91 Å². The quantitative estimate of drug-likeness (QED) is 0.174. The minimum Gasteiger partial charge on any atom is -0.508 e. The molecule has 0 spiro atoms. The number of Topliss-reactive ketones (excluding diaryl/α,β-unsaturated/α-hetero) is 2. The van der Waals surface area contributed by atoms with Crippen molar-refractivity contribution < 1.29 is 39.6 Å². The van der Waals surface area contributed by atoms with Crippen molar-refractivity contribution in [2.24, 2.45) is 17.6 Å². The van der Waals surface area contributed by atoms with Gasteiger partial charge < -0.3 is 31.5 Å². The molecule has 1 aromatic carbocycles. The molecule has 0 radical (unpaired) electrons. The molecule has 186 valence electrons. The highest BCUT2D eigenvalue weighted by Gasteiger charge is 2.64. The molecule has 3 aliphatic rings. The highest BCUT2D eigenvalue weighted by Crippen LogP contribution is 2.53. The summed E-state index contributed by atoms with van der Waals surface area (Å²) in [5.74, 6) is -7.66. The fourth-order valence-electron chi connectivity index (χ4n) is 5.50. The van der Waals surface area contributed by atoms with Crippen molar-refractivity contribution in [1.29, 1.82) is 0 Å². The summed E-state index contributed by atoms with van der Waals surface area (Å²) in [5, 5.41) is 46.7. The largest absolute Gasteiger partial charge is 0.508 e. The van der Waals surface area contributed by atoms with Crippen molar-refractivity contribution in [3.8, 4) is 5.75 Å². The number of phenolic OH excluding ortho intramolecular Hbond substituents is 1. The molecule has 3 aliphatic carbocycles. The molecule has 12 heteroatoms. The van der Waals surface area contributed by atoms with Gasteiger partial charge in [0.15, 0.2) is 11.4 Å². The zero-order valence-corrected chi connectivity index (χ0v) is 20.4. The lowest BCUT2D eigenvalue weighted by atomic mass is 9.57. The molecule has 4 rings (SSSR count). The van der Waals surface area contributed by atoms with Crippen molar-refractivity contribution in [3.63, 3.8) is 0 Å². The van der Waals surface area contributed by atoms with Gasteiger partial charge >= 0.3 is 0 Å². The van der Waals surface area contributed by atoms with Crippen LogP contribution < -0.4 is 11.1 Å². The Morgan fingerprint density at radius 2 is 1.89 bits per heavy atom. The number of fused-ring (bicyclic) bond motifs is 3. The van der Waals surface area contributed by atoms with Crippen molar-refractivity contribution in [3.05, 3.63) is 40.2 Å². The number of aromatic hydroxyl groups is 1. The third-order valence-corrected chi connectivity index (χ3v) is 7.50. The van der Waals surface area contributed by atoms with Crippen LogP contribution >= 0.6 is 15.9 Å². The van der Waals surface area contributed by atoms with E-state index in [9.17, 15) is 39.6 Å². The minimum absolute atomic E-state index is 0.00772. The number of nitrogens with two attached hydrogens (primary N) is 1. The normalized spacial score (nSPS) is 28.0. The number of nitrogens with zero attached hydrogens (tertiary/aromatic N) is 1. The van der Waals surface area contributed by atoms with Crippen LogP contribution in [0.5, 0.6) is 5.75 Å². The van der Waals surface area contributed by atoms with Crippen LogP contribution in [0.15, 0.2) is 29.0 Å². The monoisotopic (exact) mass is 549 g/mol. The number of aliphatic hydroxyl groups excluding tert-OH is 2. The fraction of sp³-hybridized carbons (Fsp3) is 0.391. The predicted molar refractivity (Wildman–Crippen MR) is 127 cm³/mol. The number of nitrogens with one attached hydrogen (secondary N) is 1. The molecule has 0 heterocycles. The Balaban J connectivity index is 1.92. The Hall–Kier alpha value is -3.22. The molecule has 1 aromatic rings. The van der Waals surface area contributed by atoms with Gasteiger partial charge in [0, 0.05) is 11.5 Å². The van der Waals surface area contributed by atoms with Gasteiger partial charge in [0.05, 0.1) is 22.6 Å². The van der Waals surface area contributed by atoms with E-state index in [-0.39, 0.29) is 35.0 Å². The van der Waals surface area contributed by atoms with Gasteiger partial charge in [-0.15, -0.1) is 0 Å². The van der Waals surface area contributed by atoms with Crippen LogP contribution in [-0.2, 0) is 25.6 Å². The van der Waals surface area contributed by atoms with E-state index < -0.39 is 69.7 Å². The number of likely N-dealkylation sites (N-methyl/N-ethyl adjacent to an activating group) is 1. The number of hydrogen-bond donors (Lipinski definition) is 6. The molecule has 0 bridgehead atoms. The molecule has 35 heavy (non-hydrogen) atoms. The molecule has 7 N–H and O–H groups in total. The van der Waals surface area contributed by atoms with E-state index >= 15 is 0 Å². The van der Waals surface area contributed by atoms with E-state index in [0.717, 1.165) is 0 Å². The first-order chi connectivity index (χ1) is 16.4. The molecule has 11 nitrogen and oxygen atoms in total. The van der Waals surface area contributed by atoms with Crippen LogP contribution in [0.1, 0.15) is 17.5 Å². The smallest absolute Gasteiger partial charge is 0.255 e. The summed E-state index contributed by atoms with van der Waals surface area (Å²) < 4.78 is 0. The zero-order chi connectivity index (χ0) is 26.0. The van der Waals surface area contributed by atoms with Crippen molar-refractivity contribution in [1.82, 2.24) is 4.90 Å². The van der Waals surface area contributed by atoms with E-state index in [1.807, 2.05) is 0 Å². The van der Waals surface area contributed by atoms with Crippen LogP contribution in [0, 0.1) is 11.8 Å². The van der Waals surface area contributed by atoms with E-state index in [0.29, 0.717) is 5.56 Å². The molecule has 1 fully saturated rings. The Morgan fingerprint density at radius 3 is 2.46 bits per heavy atom. The standard InChI is InChI=1S/C23H24BrN3O8/c1-27(2)16-10-6-9-5-8-3-4-11(26-12(28)7-24)17(29)13(8)18(30)14(9)20(32)23(10,35)21(33)15(19(16)31)22(25)34/h3-4,9-10,16,29-30,33,35H,5-7H2,1-2H3,(H2,25,34)(H,26,28)/t9?,10?,16-,23-/m0/s1.